The van der Waals surface area contributed by atoms with E-state index in [0.717, 1.165) is 6.26 Å². The fourth-order valence-corrected chi connectivity index (χ4v) is 2.51. The number of amides is 1. The van der Waals surface area contributed by atoms with E-state index >= 15 is 0 Å². The number of carbonyl (C=O) groups excluding carboxylic acids is 1. The number of nitrogens with two attached hydrogens (primary N) is 1. The van der Waals surface area contributed by atoms with E-state index in [1.165, 1.54) is 0 Å². The normalized spacial score (nSPS) is 13.3. The Morgan fingerprint density at radius 2 is 2.19 bits per heavy atom. The van der Waals surface area contributed by atoms with Crippen LogP contribution in [0.5, 0.6) is 0 Å². The predicted octanol–water partition coefficient (Wildman–Crippen LogP) is 0.837. The summed E-state index contributed by atoms with van der Waals surface area (Å²) in [5.41, 5.74) is 7.48. The molecule has 1 heterocycles. The van der Waals surface area contributed by atoms with E-state index in [0.29, 0.717) is 22.7 Å². The Kier molecular flexibility index (Phi) is 4.29. The molecule has 1 unspecified atom stereocenters. The van der Waals surface area contributed by atoms with Crippen LogP contribution in [-0.4, -0.2) is 37.4 Å². The minimum absolute atomic E-state index is 0.0793. The summed E-state index contributed by atoms with van der Waals surface area (Å²) < 4.78 is 27.5. The van der Waals surface area contributed by atoms with Crippen molar-refractivity contribution >= 4 is 32.5 Å². The third kappa shape index (κ3) is 4.27. The van der Waals surface area contributed by atoms with Crippen LogP contribution in [0.15, 0.2) is 22.6 Å². The maximum atomic E-state index is 11.9. The highest BCUT2D eigenvalue weighted by Crippen LogP contribution is 2.19. The summed E-state index contributed by atoms with van der Waals surface area (Å²) in [4.78, 5) is 16.1. The topological polar surface area (TPSA) is 115 Å². The molecule has 1 atom stereocenters. The average molecular weight is 311 g/mol. The number of hydrogen-bond acceptors (Lipinski definition) is 6. The third-order valence-corrected chi connectivity index (χ3v) is 3.88. The van der Waals surface area contributed by atoms with Crippen LogP contribution in [0, 0.1) is 6.92 Å². The lowest BCUT2D eigenvalue weighted by Crippen LogP contribution is -2.37. The molecule has 0 radical (unpaired) electrons. The fourth-order valence-electron chi connectivity index (χ4n) is 1.83. The summed E-state index contributed by atoms with van der Waals surface area (Å²) in [6.07, 6.45) is 1.19. The Labute approximate surface area is 122 Å². The molecule has 0 aliphatic rings. The van der Waals surface area contributed by atoms with Gasteiger partial charge in [0.2, 0.25) is 5.91 Å². The molecular weight excluding hydrogens is 294 g/mol. The number of hydrogen-bond donors (Lipinski definition) is 2. The van der Waals surface area contributed by atoms with Gasteiger partial charge in [-0.2, -0.15) is 0 Å². The second-order valence-corrected chi connectivity index (χ2v) is 7.19. The number of rotatable bonds is 5. The quantitative estimate of drug-likeness (QED) is 0.845. The molecule has 0 bridgehead atoms. The van der Waals surface area contributed by atoms with Crippen molar-refractivity contribution in [3.05, 3.63) is 24.1 Å². The molecule has 8 heteroatoms. The number of oxazole rings is 1. The zero-order valence-electron chi connectivity index (χ0n) is 11.8. The van der Waals surface area contributed by atoms with Crippen molar-refractivity contribution in [3.8, 4) is 0 Å². The predicted molar refractivity (Wildman–Crippen MR) is 79.7 cm³/mol. The van der Waals surface area contributed by atoms with Gasteiger partial charge in [0.15, 0.2) is 11.5 Å². The number of carbonyl (C=O) groups is 1. The molecule has 2 aromatic rings. The lowest BCUT2D eigenvalue weighted by atomic mass is 10.2. The number of benzene rings is 1. The second kappa shape index (κ2) is 5.82. The lowest BCUT2D eigenvalue weighted by Gasteiger charge is -2.11. The highest BCUT2D eigenvalue weighted by atomic mass is 32.2. The van der Waals surface area contributed by atoms with Crippen molar-refractivity contribution in [1.29, 1.82) is 0 Å². The Morgan fingerprint density at radius 1 is 1.48 bits per heavy atom. The van der Waals surface area contributed by atoms with Gasteiger partial charge in [0.25, 0.3) is 0 Å². The summed E-state index contributed by atoms with van der Waals surface area (Å²) in [6, 6.07) is 4.17. The highest BCUT2D eigenvalue weighted by molar-refractivity contribution is 7.90. The number of aryl methyl sites for hydroxylation is 1. The number of aromatic nitrogens is 1. The molecular formula is C13H17N3O4S. The number of nitrogens with zero attached hydrogens (tertiary/aromatic N) is 1. The number of sulfone groups is 1. The van der Waals surface area contributed by atoms with Gasteiger partial charge in [-0.1, -0.05) is 0 Å². The number of nitrogens with one attached hydrogen (secondary N) is 1. The van der Waals surface area contributed by atoms with Gasteiger partial charge in [-0.05, 0) is 24.6 Å². The van der Waals surface area contributed by atoms with E-state index < -0.39 is 21.8 Å². The monoisotopic (exact) mass is 311 g/mol. The first-order valence-corrected chi connectivity index (χ1v) is 8.42. The van der Waals surface area contributed by atoms with Crippen LogP contribution in [0.3, 0.4) is 0 Å². The summed E-state index contributed by atoms with van der Waals surface area (Å²) in [5, 5.41) is 2.64. The number of fused-ring (bicyclic) bond motifs is 1. The van der Waals surface area contributed by atoms with Gasteiger partial charge in [-0.3, -0.25) is 4.79 Å². The van der Waals surface area contributed by atoms with E-state index in [2.05, 4.69) is 10.3 Å². The third-order valence-electron chi connectivity index (χ3n) is 2.90. The SMILES string of the molecule is Cc1nc2cc(NC(=O)C(N)CCS(C)(=O)=O)ccc2o1. The molecule has 3 N–H and O–H groups in total. The van der Waals surface area contributed by atoms with Gasteiger partial charge >= 0.3 is 0 Å². The van der Waals surface area contributed by atoms with Gasteiger partial charge in [0, 0.05) is 18.9 Å². The lowest BCUT2D eigenvalue weighted by molar-refractivity contribution is -0.117. The summed E-state index contributed by atoms with van der Waals surface area (Å²) >= 11 is 0. The summed E-state index contributed by atoms with van der Waals surface area (Å²) in [6.45, 7) is 1.74. The molecule has 114 valence electrons. The van der Waals surface area contributed by atoms with Crippen molar-refractivity contribution in [2.75, 3.05) is 17.3 Å². The molecule has 21 heavy (non-hydrogen) atoms. The Morgan fingerprint density at radius 3 is 2.86 bits per heavy atom. The van der Waals surface area contributed by atoms with Crippen LogP contribution in [0.25, 0.3) is 11.1 Å². The van der Waals surface area contributed by atoms with Crippen molar-refractivity contribution in [3.63, 3.8) is 0 Å². The van der Waals surface area contributed by atoms with E-state index in [4.69, 9.17) is 10.2 Å². The summed E-state index contributed by atoms with van der Waals surface area (Å²) in [5.74, 6) is -0.0140. The first-order chi connectivity index (χ1) is 9.74. The zero-order valence-corrected chi connectivity index (χ0v) is 12.6. The number of anilines is 1. The Hall–Kier alpha value is -1.93. The minimum Gasteiger partial charge on any atom is -0.441 e. The van der Waals surface area contributed by atoms with E-state index in [9.17, 15) is 13.2 Å². The molecule has 1 aromatic heterocycles. The molecule has 0 fully saturated rings. The largest absolute Gasteiger partial charge is 0.441 e. The van der Waals surface area contributed by atoms with Crippen molar-refractivity contribution in [1.82, 2.24) is 4.98 Å². The van der Waals surface area contributed by atoms with Crippen LogP contribution in [0.4, 0.5) is 5.69 Å². The highest BCUT2D eigenvalue weighted by Gasteiger charge is 2.16. The van der Waals surface area contributed by atoms with E-state index in [-0.39, 0.29) is 12.2 Å². The average Bonchev–Trinajstić information content (AvgIpc) is 2.74. The van der Waals surface area contributed by atoms with Crippen molar-refractivity contribution in [2.45, 2.75) is 19.4 Å². The molecule has 0 saturated carbocycles. The van der Waals surface area contributed by atoms with Crippen LogP contribution in [0.2, 0.25) is 0 Å². The molecule has 2 rings (SSSR count). The van der Waals surface area contributed by atoms with E-state index in [1.54, 1.807) is 25.1 Å². The minimum atomic E-state index is -3.13. The molecule has 0 aliphatic heterocycles. The smallest absolute Gasteiger partial charge is 0.241 e. The molecule has 1 amide bonds. The fraction of sp³-hybridized carbons (Fsp3) is 0.385. The molecule has 0 spiro atoms. The van der Waals surface area contributed by atoms with E-state index in [1.807, 2.05) is 0 Å². The zero-order chi connectivity index (χ0) is 15.6. The van der Waals surface area contributed by atoms with Gasteiger partial charge in [0.05, 0.1) is 11.8 Å². The van der Waals surface area contributed by atoms with Crippen LogP contribution >= 0.6 is 0 Å². The second-order valence-electron chi connectivity index (χ2n) is 4.93. The van der Waals surface area contributed by atoms with Crippen LogP contribution in [-0.2, 0) is 14.6 Å². The van der Waals surface area contributed by atoms with Crippen molar-refractivity contribution < 1.29 is 17.6 Å². The van der Waals surface area contributed by atoms with Crippen LogP contribution < -0.4 is 11.1 Å². The maximum Gasteiger partial charge on any atom is 0.241 e. The molecule has 0 aliphatic carbocycles. The van der Waals surface area contributed by atoms with Crippen LogP contribution in [0.1, 0.15) is 12.3 Å². The van der Waals surface area contributed by atoms with Gasteiger partial charge in [-0.25, -0.2) is 13.4 Å². The molecule has 1 aromatic carbocycles. The van der Waals surface area contributed by atoms with Gasteiger partial charge < -0.3 is 15.5 Å². The first kappa shape index (κ1) is 15.5. The molecule has 7 nitrogen and oxygen atoms in total. The Bertz CT molecular complexity index is 767. The van der Waals surface area contributed by atoms with Crippen molar-refractivity contribution in [2.24, 2.45) is 5.73 Å². The Balaban J connectivity index is 2.03. The molecule has 0 saturated heterocycles. The van der Waals surface area contributed by atoms with Gasteiger partial charge in [-0.15, -0.1) is 0 Å². The standard InChI is InChI=1S/C13H17N3O4S/c1-8-15-11-7-9(3-4-12(11)20-8)16-13(17)10(14)5-6-21(2,18)19/h3-4,7,10H,5-6,14H2,1-2H3,(H,16,17). The maximum absolute atomic E-state index is 11.9. The first-order valence-electron chi connectivity index (χ1n) is 6.36. The summed E-state index contributed by atoms with van der Waals surface area (Å²) in [7, 11) is -3.13. The van der Waals surface area contributed by atoms with Gasteiger partial charge in [0.1, 0.15) is 15.4 Å².